The van der Waals surface area contributed by atoms with Gasteiger partial charge in [0.05, 0.1) is 5.69 Å². The average molecular weight is 420 g/mol. The molecule has 7 nitrogen and oxygen atoms in total. The largest absolute Gasteiger partial charge is 0.350 e. The monoisotopic (exact) mass is 419 g/mol. The number of benzene rings is 3. The lowest BCUT2D eigenvalue weighted by atomic mass is 10.1. The predicted octanol–water partition coefficient (Wildman–Crippen LogP) is 4.32. The van der Waals surface area contributed by atoms with Crippen molar-refractivity contribution < 1.29 is 10.0 Å². The molecule has 30 heavy (non-hydrogen) atoms. The van der Waals surface area contributed by atoms with Crippen molar-refractivity contribution in [1.82, 2.24) is 20.2 Å². The first kappa shape index (κ1) is 19.6. The molecule has 0 aliphatic rings. The molecule has 0 aliphatic carbocycles. The second-order valence-electron chi connectivity index (χ2n) is 6.50. The number of anilines is 1. The van der Waals surface area contributed by atoms with E-state index < -0.39 is 5.91 Å². The number of carbonyl (C=O) groups is 1. The molecule has 0 saturated carbocycles. The number of hydrogen-bond donors (Lipinski definition) is 3. The van der Waals surface area contributed by atoms with Gasteiger partial charge in [0.1, 0.15) is 0 Å². The van der Waals surface area contributed by atoms with Gasteiger partial charge < -0.3 is 5.32 Å². The summed E-state index contributed by atoms with van der Waals surface area (Å²) in [5.41, 5.74) is 4.68. The molecule has 3 N–H and O–H groups in total. The molecule has 0 atom stereocenters. The minimum Gasteiger partial charge on any atom is -0.350 e. The van der Waals surface area contributed by atoms with E-state index in [1.807, 2.05) is 42.5 Å². The Morgan fingerprint density at radius 1 is 0.967 bits per heavy atom. The van der Waals surface area contributed by atoms with E-state index >= 15 is 0 Å². The van der Waals surface area contributed by atoms with Gasteiger partial charge in [-0.1, -0.05) is 41.9 Å². The van der Waals surface area contributed by atoms with Crippen molar-refractivity contribution in [3.8, 4) is 17.1 Å². The normalized spacial score (nSPS) is 10.6. The van der Waals surface area contributed by atoms with E-state index in [0.717, 1.165) is 16.8 Å². The molecule has 4 rings (SSSR count). The number of para-hydroxylation sites is 1. The van der Waals surface area contributed by atoms with Gasteiger partial charge in [-0.05, 0) is 54.1 Å². The maximum absolute atomic E-state index is 11.5. The Balaban J connectivity index is 1.61. The highest BCUT2D eigenvalue weighted by Crippen LogP contribution is 2.23. The van der Waals surface area contributed by atoms with Crippen LogP contribution in [0.4, 0.5) is 5.95 Å². The number of nitrogens with one attached hydrogen (secondary N) is 2. The van der Waals surface area contributed by atoms with Crippen LogP contribution >= 0.6 is 11.6 Å². The van der Waals surface area contributed by atoms with Crippen LogP contribution < -0.4 is 10.8 Å². The third-order valence-corrected chi connectivity index (χ3v) is 4.73. The van der Waals surface area contributed by atoms with Crippen LogP contribution in [0, 0.1) is 0 Å². The molecule has 1 aromatic heterocycles. The van der Waals surface area contributed by atoms with Gasteiger partial charge in [-0.15, -0.1) is 5.10 Å². The summed E-state index contributed by atoms with van der Waals surface area (Å²) in [5, 5.41) is 17.3. The summed E-state index contributed by atoms with van der Waals surface area (Å²) in [6.07, 6.45) is 0. The maximum Gasteiger partial charge on any atom is 0.274 e. The molecule has 0 unspecified atom stereocenters. The Morgan fingerprint density at radius 3 is 2.33 bits per heavy atom. The SMILES string of the molecule is O=C(NO)c1ccc(CNc2nc(-c3ccc(Cl)cc3)nn2-c2ccccc2)cc1. The van der Waals surface area contributed by atoms with Crippen LogP contribution in [0.1, 0.15) is 15.9 Å². The Hall–Kier alpha value is -3.68. The minimum absolute atomic E-state index is 0.374. The van der Waals surface area contributed by atoms with E-state index in [1.54, 1.807) is 46.6 Å². The topological polar surface area (TPSA) is 92.1 Å². The van der Waals surface area contributed by atoms with Gasteiger partial charge in [0.2, 0.25) is 5.95 Å². The van der Waals surface area contributed by atoms with Crippen molar-refractivity contribution in [2.75, 3.05) is 5.32 Å². The summed E-state index contributed by atoms with van der Waals surface area (Å²) >= 11 is 5.99. The molecular weight excluding hydrogens is 402 g/mol. The Labute approximate surface area is 177 Å². The van der Waals surface area contributed by atoms with E-state index in [1.165, 1.54) is 0 Å². The summed E-state index contributed by atoms with van der Waals surface area (Å²) in [7, 11) is 0. The molecule has 0 bridgehead atoms. The van der Waals surface area contributed by atoms with Crippen LogP contribution in [0.25, 0.3) is 17.1 Å². The molecular formula is C22H18ClN5O2. The molecule has 8 heteroatoms. The average Bonchev–Trinajstić information content (AvgIpc) is 3.23. The smallest absolute Gasteiger partial charge is 0.274 e. The van der Waals surface area contributed by atoms with E-state index in [-0.39, 0.29) is 0 Å². The van der Waals surface area contributed by atoms with Crippen LogP contribution in [0.2, 0.25) is 5.02 Å². The molecule has 3 aromatic carbocycles. The minimum atomic E-state index is -0.550. The third-order valence-electron chi connectivity index (χ3n) is 4.48. The molecule has 4 aromatic rings. The van der Waals surface area contributed by atoms with Gasteiger partial charge in [-0.2, -0.15) is 9.67 Å². The maximum atomic E-state index is 11.5. The zero-order valence-corrected chi connectivity index (χ0v) is 16.5. The second-order valence-corrected chi connectivity index (χ2v) is 6.94. The van der Waals surface area contributed by atoms with Crippen molar-refractivity contribution in [3.63, 3.8) is 0 Å². The highest BCUT2D eigenvalue weighted by Gasteiger charge is 2.13. The number of aromatic nitrogens is 3. The fourth-order valence-corrected chi connectivity index (χ4v) is 3.04. The molecule has 0 fully saturated rings. The highest BCUT2D eigenvalue weighted by atomic mass is 35.5. The lowest BCUT2D eigenvalue weighted by Crippen LogP contribution is -2.18. The van der Waals surface area contributed by atoms with Crippen molar-refractivity contribution in [3.05, 3.63) is 95.0 Å². The van der Waals surface area contributed by atoms with Gasteiger partial charge in [0.25, 0.3) is 5.91 Å². The number of amides is 1. The zero-order valence-electron chi connectivity index (χ0n) is 15.8. The summed E-state index contributed by atoms with van der Waals surface area (Å²) in [6.45, 7) is 0.479. The molecule has 0 saturated heterocycles. The van der Waals surface area contributed by atoms with Gasteiger partial charge in [0, 0.05) is 22.7 Å². The van der Waals surface area contributed by atoms with Crippen molar-refractivity contribution >= 4 is 23.5 Å². The van der Waals surface area contributed by atoms with Crippen LogP contribution in [-0.4, -0.2) is 25.9 Å². The van der Waals surface area contributed by atoms with Crippen LogP contribution in [0.15, 0.2) is 78.9 Å². The van der Waals surface area contributed by atoms with E-state index in [2.05, 4.69) is 15.4 Å². The van der Waals surface area contributed by atoms with E-state index in [0.29, 0.717) is 28.9 Å². The first-order valence-electron chi connectivity index (χ1n) is 9.20. The van der Waals surface area contributed by atoms with Crippen LogP contribution in [0.3, 0.4) is 0 Å². The molecule has 0 spiro atoms. The molecule has 150 valence electrons. The van der Waals surface area contributed by atoms with Crippen LogP contribution in [0.5, 0.6) is 0 Å². The van der Waals surface area contributed by atoms with Crippen molar-refractivity contribution in [2.24, 2.45) is 0 Å². The van der Waals surface area contributed by atoms with Gasteiger partial charge in [-0.3, -0.25) is 10.0 Å². The fourth-order valence-electron chi connectivity index (χ4n) is 2.92. The summed E-state index contributed by atoms with van der Waals surface area (Å²) < 4.78 is 1.75. The van der Waals surface area contributed by atoms with E-state index in [4.69, 9.17) is 16.8 Å². The summed E-state index contributed by atoms with van der Waals surface area (Å²) in [4.78, 5) is 16.1. The van der Waals surface area contributed by atoms with Gasteiger partial charge in [0.15, 0.2) is 5.82 Å². The predicted molar refractivity (Wildman–Crippen MR) is 115 cm³/mol. The van der Waals surface area contributed by atoms with Crippen LogP contribution in [-0.2, 0) is 6.54 Å². The zero-order chi connectivity index (χ0) is 20.9. The summed E-state index contributed by atoms with van der Waals surface area (Å²) in [5.74, 6) is 0.613. The number of nitrogens with zero attached hydrogens (tertiary/aromatic N) is 3. The first-order valence-corrected chi connectivity index (χ1v) is 9.57. The second kappa shape index (κ2) is 8.77. The van der Waals surface area contributed by atoms with E-state index in [9.17, 15) is 4.79 Å². The number of hydrogen-bond acceptors (Lipinski definition) is 5. The van der Waals surface area contributed by atoms with Gasteiger partial charge in [-0.25, -0.2) is 5.48 Å². The van der Waals surface area contributed by atoms with Crippen molar-refractivity contribution in [2.45, 2.75) is 6.54 Å². The molecule has 1 heterocycles. The third kappa shape index (κ3) is 4.32. The number of hydroxylamine groups is 1. The Bertz CT molecular complexity index is 1140. The standard InChI is InChI=1S/C22H18ClN5O2/c23-18-12-10-16(11-13-18)20-25-22(28(26-20)19-4-2-1-3-5-19)24-14-15-6-8-17(9-7-15)21(29)27-30/h1-13,30H,14H2,(H,27,29)(H,24,25,26). The number of rotatable bonds is 6. The lowest BCUT2D eigenvalue weighted by Gasteiger charge is -2.08. The molecule has 0 radical (unpaired) electrons. The summed E-state index contributed by atoms with van der Waals surface area (Å²) in [6, 6.07) is 24.0. The molecule has 0 aliphatic heterocycles. The number of halogens is 1. The Morgan fingerprint density at radius 2 is 1.67 bits per heavy atom. The Kier molecular flexibility index (Phi) is 5.74. The lowest BCUT2D eigenvalue weighted by molar-refractivity contribution is 0.0706. The quantitative estimate of drug-likeness (QED) is 0.320. The fraction of sp³-hybridized carbons (Fsp3) is 0.0455. The van der Waals surface area contributed by atoms with Gasteiger partial charge >= 0.3 is 0 Å². The highest BCUT2D eigenvalue weighted by molar-refractivity contribution is 6.30. The number of carbonyl (C=O) groups excluding carboxylic acids is 1. The first-order chi connectivity index (χ1) is 14.6. The molecule has 1 amide bonds. The van der Waals surface area contributed by atoms with Crippen molar-refractivity contribution in [1.29, 1.82) is 0 Å².